The second-order valence-corrected chi connectivity index (χ2v) is 6.76. The van der Waals surface area contributed by atoms with Crippen LogP contribution in [0.5, 0.6) is 11.5 Å². The quantitative estimate of drug-likeness (QED) is 0.570. The fourth-order valence-electron chi connectivity index (χ4n) is 2.80. The third-order valence-electron chi connectivity index (χ3n) is 3.98. The predicted octanol–water partition coefficient (Wildman–Crippen LogP) is 3.30. The summed E-state index contributed by atoms with van der Waals surface area (Å²) in [5.74, 6) is 1.22. The van der Waals surface area contributed by atoms with Gasteiger partial charge in [0.25, 0.3) is 0 Å². The Kier molecular flexibility index (Phi) is 3.85. The summed E-state index contributed by atoms with van der Waals surface area (Å²) in [6.07, 6.45) is 1.43. The Balaban J connectivity index is 1.97. The van der Waals surface area contributed by atoms with Gasteiger partial charge in [-0.1, -0.05) is 18.2 Å². The van der Waals surface area contributed by atoms with Crippen molar-refractivity contribution in [2.75, 3.05) is 14.2 Å². The van der Waals surface area contributed by atoms with Crippen molar-refractivity contribution in [3.63, 3.8) is 0 Å². The van der Waals surface area contributed by atoms with Crippen LogP contribution in [0.1, 0.15) is 0 Å². The van der Waals surface area contributed by atoms with E-state index >= 15 is 0 Å². The number of aromatic nitrogens is 3. The molecule has 0 amide bonds. The van der Waals surface area contributed by atoms with Gasteiger partial charge in [-0.25, -0.2) is 14.2 Å². The van der Waals surface area contributed by atoms with Crippen molar-refractivity contribution in [3.8, 4) is 11.5 Å². The lowest BCUT2D eigenvalue weighted by Crippen LogP contribution is -1.98. The van der Waals surface area contributed by atoms with E-state index in [2.05, 4.69) is 15.0 Å². The third kappa shape index (κ3) is 2.53. The highest BCUT2D eigenvalue weighted by molar-refractivity contribution is 7.85. The molecule has 0 bridgehead atoms. The molecule has 0 aliphatic heterocycles. The second-order valence-electron chi connectivity index (χ2n) is 5.36. The van der Waals surface area contributed by atoms with E-state index in [9.17, 15) is 4.21 Å². The standard InChI is InChI=1S/C18H15N3O3S/c1-23-14-8-12-13(9-15(14)24-2)21-17-16(12)19-10-20-18(17)25(22)11-6-4-3-5-7-11/h3-10,21H,1-2H3. The maximum Gasteiger partial charge on any atom is 0.162 e. The van der Waals surface area contributed by atoms with Crippen LogP contribution in [0.2, 0.25) is 0 Å². The summed E-state index contributed by atoms with van der Waals surface area (Å²) < 4.78 is 23.6. The second kappa shape index (κ2) is 6.18. The highest BCUT2D eigenvalue weighted by Crippen LogP contribution is 2.36. The van der Waals surface area contributed by atoms with E-state index in [-0.39, 0.29) is 0 Å². The molecule has 0 spiro atoms. The van der Waals surface area contributed by atoms with E-state index in [0.717, 1.165) is 10.9 Å². The summed E-state index contributed by atoms with van der Waals surface area (Å²) in [6, 6.07) is 12.9. The van der Waals surface area contributed by atoms with Gasteiger partial charge in [-0.3, -0.25) is 0 Å². The van der Waals surface area contributed by atoms with E-state index in [4.69, 9.17) is 9.47 Å². The smallest absolute Gasteiger partial charge is 0.162 e. The van der Waals surface area contributed by atoms with Gasteiger partial charge in [0.15, 0.2) is 16.5 Å². The van der Waals surface area contributed by atoms with E-state index < -0.39 is 10.8 Å². The van der Waals surface area contributed by atoms with E-state index in [1.807, 2.05) is 42.5 Å². The Hall–Kier alpha value is -2.93. The number of nitrogens with zero attached hydrogens (tertiary/aromatic N) is 2. The van der Waals surface area contributed by atoms with Crippen molar-refractivity contribution in [3.05, 3.63) is 48.8 Å². The Bertz CT molecular complexity index is 1090. The first kappa shape index (κ1) is 15.6. The lowest BCUT2D eigenvalue weighted by Gasteiger charge is -2.06. The summed E-state index contributed by atoms with van der Waals surface area (Å²) in [5.41, 5.74) is 2.17. The van der Waals surface area contributed by atoms with Gasteiger partial charge in [-0.2, -0.15) is 0 Å². The Morgan fingerprint density at radius 2 is 1.72 bits per heavy atom. The zero-order valence-corrected chi connectivity index (χ0v) is 14.5. The minimum atomic E-state index is -1.41. The lowest BCUT2D eigenvalue weighted by atomic mass is 10.2. The molecule has 0 fully saturated rings. The predicted molar refractivity (Wildman–Crippen MR) is 95.6 cm³/mol. The minimum Gasteiger partial charge on any atom is -0.493 e. The van der Waals surface area contributed by atoms with Crippen LogP contribution >= 0.6 is 0 Å². The number of H-pyrrole nitrogens is 1. The van der Waals surface area contributed by atoms with E-state index in [0.29, 0.717) is 32.5 Å². The normalized spacial score (nSPS) is 12.4. The number of ether oxygens (including phenoxy) is 2. The Morgan fingerprint density at radius 1 is 1.00 bits per heavy atom. The molecule has 1 unspecified atom stereocenters. The number of methoxy groups -OCH3 is 2. The molecule has 1 N–H and O–H groups in total. The first-order valence-corrected chi connectivity index (χ1v) is 8.73. The number of nitrogens with one attached hydrogen (secondary N) is 1. The number of hydrogen-bond donors (Lipinski definition) is 1. The summed E-state index contributed by atoms with van der Waals surface area (Å²) in [5, 5.41) is 1.31. The molecule has 0 saturated carbocycles. The minimum absolute atomic E-state index is 0.449. The zero-order valence-electron chi connectivity index (χ0n) is 13.6. The summed E-state index contributed by atoms with van der Waals surface area (Å²) in [4.78, 5) is 12.6. The molecule has 2 aromatic heterocycles. The Labute approximate surface area is 146 Å². The summed E-state index contributed by atoms with van der Waals surface area (Å²) >= 11 is 0. The Morgan fingerprint density at radius 3 is 2.44 bits per heavy atom. The van der Waals surface area contributed by atoms with Crippen LogP contribution in [0.4, 0.5) is 0 Å². The highest BCUT2D eigenvalue weighted by Gasteiger charge is 2.18. The molecule has 0 saturated heterocycles. The van der Waals surface area contributed by atoms with Crippen molar-refractivity contribution in [2.24, 2.45) is 0 Å². The van der Waals surface area contributed by atoms with E-state index in [1.54, 1.807) is 14.2 Å². The molecule has 25 heavy (non-hydrogen) atoms. The van der Waals surface area contributed by atoms with Crippen molar-refractivity contribution >= 4 is 32.7 Å². The van der Waals surface area contributed by atoms with Gasteiger partial charge in [0, 0.05) is 16.3 Å². The number of aromatic amines is 1. The van der Waals surface area contributed by atoms with Gasteiger partial charge in [-0.05, 0) is 18.2 Å². The number of hydrogen-bond acceptors (Lipinski definition) is 5. The molecule has 1 atom stereocenters. The van der Waals surface area contributed by atoms with Gasteiger partial charge < -0.3 is 14.5 Å². The largest absolute Gasteiger partial charge is 0.493 e. The number of rotatable bonds is 4. The van der Waals surface area contributed by atoms with Crippen molar-refractivity contribution < 1.29 is 13.7 Å². The number of fused-ring (bicyclic) bond motifs is 3. The van der Waals surface area contributed by atoms with Gasteiger partial charge in [0.1, 0.15) is 28.2 Å². The van der Waals surface area contributed by atoms with Crippen LogP contribution in [0.3, 0.4) is 0 Å². The van der Waals surface area contributed by atoms with Gasteiger partial charge in [0.05, 0.1) is 19.7 Å². The maximum atomic E-state index is 12.9. The molecule has 0 aliphatic rings. The molecule has 4 rings (SSSR count). The van der Waals surface area contributed by atoms with Crippen molar-refractivity contribution in [2.45, 2.75) is 9.92 Å². The molecular formula is C18H15N3O3S. The fraction of sp³-hybridized carbons (Fsp3) is 0.111. The fourth-order valence-corrected chi connectivity index (χ4v) is 3.90. The highest BCUT2D eigenvalue weighted by atomic mass is 32.2. The molecular weight excluding hydrogens is 338 g/mol. The van der Waals surface area contributed by atoms with Gasteiger partial charge in [0.2, 0.25) is 0 Å². The molecule has 7 heteroatoms. The lowest BCUT2D eigenvalue weighted by molar-refractivity contribution is 0.356. The molecule has 6 nitrogen and oxygen atoms in total. The average Bonchev–Trinajstić information content (AvgIpc) is 3.04. The third-order valence-corrected chi connectivity index (χ3v) is 5.34. The monoisotopic (exact) mass is 353 g/mol. The van der Waals surface area contributed by atoms with Crippen LogP contribution in [-0.2, 0) is 10.8 Å². The molecule has 0 aliphatic carbocycles. The first-order chi connectivity index (χ1) is 12.2. The van der Waals surface area contributed by atoms with Crippen LogP contribution in [0, 0.1) is 0 Å². The van der Waals surface area contributed by atoms with Crippen LogP contribution in [-0.4, -0.2) is 33.4 Å². The molecule has 2 heterocycles. The SMILES string of the molecule is COc1cc2[nH]c3c(S(=O)c4ccccc4)ncnc3c2cc1OC. The van der Waals surface area contributed by atoms with Crippen LogP contribution in [0.15, 0.2) is 58.7 Å². The van der Waals surface area contributed by atoms with Crippen LogP contribution < -0.4 is 9.47 Å². The number of benzene rings is 2. The van der Waals surface area contributed by atoms with Gasteiger partial charge in [-0.15, -0.1) is 0 Å². The summed E-state index contributed by atoms with van der Waals surface area (Å²) in [6.45, 7) is 0. The molecule has 4 aromatic rings. The first-order valence-electron chi connectivity index (χ1n) is 7.58. The summed E-state index contributed by atoms with van der Waals surface area (Å²) in [7, 11) is 1.76. The maximum absolute atomic E-state index is 12.9. The topological polar surface area (TPSA) is 77.1 Å². The van der Waals surface area contributed by atoms with Gasteiger partial charge >= 0.3 is 0 Å². The zero-order chi connectivity index (χ0) is 17.4. The average molecular weight is 353 g/mol. The molecule has 126 valence electrons. The van der Waals surface area contributed by atoms with Crippen molar-refractivity contribution in [1.82, 2.24) is 15.0 Å². The van der Waals surface area contributed by atoms with Crippen molar-refractivity contribution in [1.29, 1.82) is 0 Å². The molecule has 2 aromatic carbocycles. The van der Waals surface area contributed by atoms with Crippen LogP contribution in [0.25, 0.3) is 21.9 Å². The van der Waals surface area contributed by atoms with E-state index in [1.165, 1.54) is 6.33 Å². The molecule has 0 radical (unpaired) electrons.